The maximum Gasteiger partial charge on any atom is 0.261 e. The van der Waals surface area contributed by atoms with Gasteiger partial charge >= 0.3 is 0 Å². The summed E-state index contributed by atoms with van der Waals surface area (Å²) in [5.41, 5.74) is 17.4. The molecule has 8 N–H and O–H groups in total. The Labute approximate surface area is 415 Å². The summed E-state index contributed by atoms with van der Waals surface area (Å²) in [6.45, 7) is 12.9. The van der Waals surface area contributed by atoms with Crippen LogP contribution < -0.4 is 41.4 Å². The molecular formula is C50H62N14O8. The highest BCUT2D eigenvalue weighted by atomic mass is 16.5. The topological polar surface area (TPSA) is 277 Å². The van der Waals surface area contributed by atoms with Crippen molar-refractivity contribution < 1.29 is 38.9 Å². The number of hydrogen-bond donors (Lipinski definition) is 6. The normalized spacial score (nSPS) is 18.0. The van der Waals surface area contributed by atoms with Crippen molar-refractivity contribution in [3.8, 4) is 11.5 Å². The molecular weight excluding hydrogens is 925 g/mol. The molecule has 2 fully saturated rings. The van der Waals surface area contributed by atoms with Crippen molar-refractivity contribution in [2.45, 2.75) is 76.7 Å². The molecule has 4 aliphatic rings. The first-order valence-corrected chi connectivity index (χ1v) is 24.2. The molecule has 22 heteroatoms. The van der Waals surface area contributed by atoms with Crippen LogP contribution in [-0.2, 0) is 22.4 Å². The number of ether oxygens (including phenoxy) is 2. The fourth-order valence-electron chi connectivity index (χ4n) is 10.2. The SMILES string of the molecule is CC1(C)Cc2cc(NC(=O)c3cnn4cccnc34)c(N3CCN([C@@H](CCO)C(N)=O)CC3)cc2O1.CC1(C)Cc2cc(NC(=O)c3cnn4cccnc34)c(N3CCN([C@H](CCO)C(N)=O)CC3)cc2O1. The van der Waals surface area contributed by atoms with Crippen molar-refractivity contribution in [1.29, 1.82) is 0 Å². The number of benzene rings is 2. The molecule has 22 nitrogen and oxygen atoms in total. The zero-order valence-corrected chi connectivity index (χ0v) is 41.0. The first-order chi connectivity index (χ1) is 34.5. The Morgan fingerprint density at radius 2 is 1.01 bits per heavy atom. The minimum Gasteiger partial charge on any atom is -0.487 e. The predicted molar refractivity (Wildman–Crippen MR) is 269 cm³/mol. The molecule has 0 unspecified atom stereocenters. The summed E-state index contributed by atoms with van der Waals surface area (Å²) in [4.78, 5) is 67.3. The van der Waals surface area contributed by atoms with Crippen LogP contribution in [0, 0.1) is 0 Å². The van der Waals surface area contributed by atoms with Gasteiger partial charge in [0.25, 0.3) is 11.8 Å². The van der Waals surface area contributed by atoms with Gasteiger partial charge in [-0.3, -0.25) is 29.0 Å². The molecule has 4 aliphatic heterocycles. The lowest BCUT2D eigenvalue weighted by Crippen LogP contribution is -2.54. The van der Waals surface area contributed by atoms with Gasteiger partial charge in [-0.2, -0.15) is 10.2 Å². The number of piperazine rings is 2. The Hall–Kier alpha value is -7.40. The zero-order chi connectivity index (χ0) is 50.9. The summed E-state index contributed by atoms with van der Waals surface area (Å²) >= 11 is 0. The van der Waals surface area contributed by atoms with Gasteiger partial charge in [0.15, 0.2) is 11.3 Å². The Kier molecular flexibility index (Phi) is 14.0. The number of aliphatic hydroxyl groups is 2. The number of amides is 4. The quantitative estimate of drug-likeness (QED) is 0.0912. The fourth-order valence-corrected chi connectivity index (χ4v) is 10.2. The number of hydrogen-bond acceptors (Lipinski definition) is 16. The summed E-state index contributed by atoms with van der Waals surface area (Å²) in [6, 6.07) is 10.5. The summed E-state index contributed by atoms with van der Waals surface area (Å²) in [5.74, 6) is 0.171. The van der Waals surface area contributed by atoms with Gasteiger partial charge in [0, 0.05) is 126 Å². The number of primary amides is 2. The maximum absolute atomic E-state index is 13.3. The number of nitrogens with one attached hydrogen (secondary N) is 2. The van der Waals surface area contributed by atoms with Gasteiger partial charge in [-0.15, -0.1) is 0 Å². The van der Waals surface area contributed by atoms with E-state index in [4.69, 9.17) is 20.9 Å². The first-order valence-electron chi connectivity index (χ1n) is 24.2. The van der Waals surface area contributed by atoms with Crippen molar-refractivity contribution >= 4 is 57.7 Å². The first kappa shape index (κ1) is 49.6. The minimum absolute atomic E-state index is 0.0969. The Bertz CT molecular complexity index is 2790. The van der Waals surface area contributed by atoms with Crippen LogP contribution in [0.2, 0.25) is 0 Å². The van der Waals surface area contributed by atoms with Crippen LogP contribution in [0.25, 0.3) is 11.3 Å². The van der Waals surface area contributed by atoms with Gasteiger partial charge in [0.05, 0.1) is 47.2 Å². The molecule has 2 saturated heterocycles. The molecule has 6 aromatic rings. The van der Waals surface area contributed by atoms with Crippen molar-refractivity contribution in [2.75, 3.05) is 86.0 Å². The number of nitrogens with two attached hydrogens (primary N) is 2. The third-order valence-corrected chi connectivity index (χ3v) is 13.6. The lowest BCUT2D eigenvalue weighted by Gasteiger charge is -2.39. The molecule has 2 aromatic carbocycles. The number of anilines is 4. The van der Waals surface area contributed by atoms with Gasteiger partial charge in [-0.1, -0.05) is 0 Å². The number of carbonyl (C=O) groups is 4. The Morgan fingerprint density at radius 1 is 0.625 bits per heavy atom. The highest BCUT2D eigenvalue weighted by Gasteiger charge is 2.36. The molecule has 0 spiro atoms. The van der Waals surface area contributed by atoms with E-state index in [0.29, 0.717) is 99.0 Å². The van der Waals surface area contributed by atoms with Crippen LogP contribution in [0.15, 0.2) is 73.6 Å². The fraction of sp³-hybridized carbons (Fsp3) is 0.440. The summed E-state index contributed by atoms with van der Waals surface area (Å²) < 4.78 is 15.5. The molecule has 10 rings (SSSR count). The second-order valence-electron chi connectivity index (χ2n) is 19.7. The van der Waals surface area contributed by atoms with E-state index in [1.54, 1.807) is 46.0 Å². The van der Waals surface area contributed by atoms with Gasteiger partial charge in [-0.25, -0.2) is 19.0 Å². The van der Waals surface area contributed by atoms with Crippen molar-refractivity contribution in [1.82, 2.24) is 39.0 Å². The van der Waals surface area contributed by atoms with E-state index in [-0.39, 0.29) is 36.2 Å². The average Bonchev–Trinajstić information content (AvgIpc) is 4.13. The largest absolute Gasteiger partial charge is 0.487 e. The third kappa shape index (κ3) is 10.5. The van der Waals surface area contributed by atoms with E-state index in [0.717, 1.165) is 46.8 Å². The lowest BCUT2D eigenvalue weighted by molar-refractivity contribution is -0.124. The number of rotatable bonds is 14. The van der Waals surface area contributed by atoms with E-state index in [9.17, 15) is 29.4 Å². The Balaban J connectivity index is 0.000000178. The van der Waals surface area contributed by atoms with E-state index in [1.807, 2.05) is 61.8 Å². The van der Waals surface area contributed by atoms with E-state index < -0.39 is 23.9 Å². The minimum atomic E-state index is -0.497. The highest BCUT2D eigenvalue weighted by Crippen LogP contribution is 2.44. The van der Waals surface area contributed by atoms with Crippen LogP contribution >= 0.6 is 0 Å². The second kappa shape index (κ2) is 20.4. The number of fused-ring (bicyclic) bond motifs is 4. The van der Waals surface area contributed by atoms with Gasteiger partial charge in [0.1, 0.15) is 33.8 Å². The van der Waals surface area contributed by atoms with Crippen molar-refractivity contribution in [3.63, 3.8) is 0 Å². The van der Waals surface area contributed by atoms with Crippen LogP contribution in [0.1, 0.15) is 72.4 Å². The molecule has 380 valence electrons. The smallest absolute Gasteiger partial charge is 0.261 e. The molecule has 0 bridgehead atoms. The number of carbonyl (C=O) groups excluding carboxylic acids is 4. The number of nitrogens with zero attached hydrogens (tertiary/aromatic N) is 10. The predicted octanol–water partition coefficient (Wildman–Crippen LogP) is 2.11. The van der Waals surface area contributed by atoms with E-state index >= 15 is 0 Å². The standard InChI is InChI=1S/2C25H31N7O4/c2*1-25(2)14-16-12-18(29-24(35)17-15-28-32-6-3-5-27-23(17)32)20(13-21(16)36-25)31-9-7-30(8-10-31)19(4-11-33)22(26)34/h2*3,5-6,12-13,15,19,33H,4,7-11,14H2,1-2H3,(H2,26,34)(H,29,35)/t2*19-/m10/s1. The molecule has 0 saturated carbocycles. The average molecular weight is 987 g/mol. The Morgan fingerprint density at radius 3 is 1.38 bits per heavy atom. The molecule has 2 atom stereocenters. The van der Waals surface area contributed by atoms with Crippen LogP contribution in [0.4, 0.5) is 22.7 Å². The van der Waals surface area contributed by atoms with E-state index in [2.05, 4.69) is 40.6 Å². The van der Waals surface area contributed by atoms with Crippen LogP contribution in [0.3, 0.4) is 0 Å². The molecule has 4 aromatic heterocycles. The number of aliphatic hydroxyl groups excluding tert-OH is 2. The summed E-state index contributed by atoms with van der Waals surface area (Å²) in [5, 5.41) is 33.3. The molecule has 72 heavy (non-hydrogen) atoms. The maximum atomic E-state index is 13.3. The summed E-state index contributed by atoms with van der Waals surface area (Å²) in [7, 11) is 0. The zero-order valence-electron chi connectivity index (χ0n) is 41.0. The molecule has 4 amide bonds. The van der Waals surface area contributed by atoms with Gasteiger partial charge in [-0.05, 0) is 64.8 Å². The van der Waals surface area contributed by atoms with Crippen LogP contribution in [0.5, 0.6) is 11.5 Å². The molecule has 8 heterocycles. The van der Waals surface area contributed by atoms with Gasteiger partial charge in [0.2, 0.25) is 11.8 Å². The van der Waals surface area contributed by atoms with E-state index in [1.165, 1.54) is 12.4 Å². The lowest BCUT2D eigenvalue weighted by atomic mass is 10.0. The van der Waals surface area contributed by atoms with Crippen molar-refractivity contribution in [3.05, 3.63) is 95.8 Å². The number of aromatic nitrogens is 6. The van der Waals surface area contributed by atoms with Crippen LogP contribution in [-0.4, -0.2) is 162 Å². The molecule has 0 radical (unpaired) electrons. The second-order valence-corrected chi connectivity index (χ2v) is 19.7. The monoisotopic (exact) mass is 986 g/mol. The van der Waals surface area contributed by atoms with Gasteiger partial charge < -0.3 is 51.6 Å². The third-order valence-electron chi connectivity index (χ3n) is 13.6. The highest BCUT2D eigenvalue weighted by molar-refractivity contribution is 6.10. The van der Waals surface area contributed by atoms with Crippen molar-refractivity contribution in [2.24, 2.45) is 11.5 Å². The summed E-state index contributed by atoms with van der Waals surface area (Å²) in [6.07, 6.45) is 11.9. The molecule has 0 aliphatic carbocycles.